The van der Waals surface area contributed by atoms with E-state index in [1.54, 1.807) is 25.1 Å². The molecule has 0 unspecified atom stereocenters. The van der Waals surface area contributed by atoms with E-state index in [-0.39, 0.29) is 30.3 Å². The number of amides is 2. The first-order valence-electron chi connectivity index (χ1n) is 7.53. The first-order chi connectivity index (χ1) is 11.9. The van der Waals surface area contributed by atoms with Crippen LogP contribution in [0.2, 0.25) is 0 Å². The van der Waals surface area contributed by atoms with E-state index in [1.807, 2.05) is 0 Å². The molecule has 6 nitrogen and oxygen atoms in total. The molecule has 0 atom stereocenters. The van der Waals surface area contributed by atoms with E-state index >= 15 is 0 Å². The molecule has 0 aliphatic heterocycles. The summed E-state index contributed by atoms with van der Waals surface area (Å²) in [5.74, 6) is -0.795. The number of nitrogens with one attached hydrogen (secondary N) is 1. The number of carbonyl (C=O) groups excluding carboxylic acids is 2. The van der Waals surface area contributed by atoms with E-state index in [4.69, 9.17) is 15.2 Å². The first-order valence-corrected chi connectivity index (χ1v) is 7.53. The number of rotatable bonds is 7. The van der Waals surface area contributed by atoms with Crippen LogP contribution in [0.15, 0.2) is 36.4 Å². The van der Waals surface area contributed by atoms with Gasteiger partial charge in [0, 0.05) is 12.6 Å². The fraction of sp³-hybridized carbons (Fsp3) is 0.222. The number of primary amides is 1. The number of ether oxygens (including phenoxy) is 2. The number of halogens is 1. The van der Waals surface area contributed by atoms with Crippen molar-refractivity contribution in [3.05, 3.63) is 58.9 Å². The van der Waals surface area contributed by atoms with Crippen molar-refractivity contribution in [1.29, 1.82) is 0 Å². The average Bonchev–Trinajstić information content (AvgIpc) is 2.60. The van der Waals surface area contributed by atoms with Crippen LogP contribution >= 0.6 is 0 Å². The molecule has 0 aliphatic carbocycles. The Hall–Kier alpha value is -3.09. The molecular weight excluding hydrogens is 327 g/mol. The molecule has 2 amide bonds. The van der Waals surface area contributed by atoms with Gasteiger partial charge in [-0.25, -0.2) is 4.39 Å². The Labute approximate surface area is 144 Å². The molecule has 0 saturated carbocycles. The highest BCUT2D eigenvalue weighted by Crippen LogP contribution is 2.24. The maximum atomic E-state index is 13.5. The highest BCUT2D eigenvalue weighted by molar-refractivity contribution is 5.96. The van der Waals surface area contributed by atoms with Crippen molar-refractivity contribution in [1.82, 2.24) is 5.32 Å². The van der Waals surface area contributed by atoms with Crippen LogP contribution < -0.4 is 20.5 Å². The van der Waals surface area contributed by atoms with Gasteiger partial charge in [-0.05, 0) is 36.2 Å². The van der Waals surface area contributed by atoms with Crippen LogP contribution in [0.25, 0.3) is 0 Å². The number of carbonyl (C=O) groups is 2. The second kappa shape index (κ2) is 8.14. The Kier molecular flexibility index (Phi) is 5.94. The lowest BCUT2D eigenvalue weighted by Crippen LogP contribution is -2.29. The summed E-state index contributed by atoms with van der Waals surface area (Å²) in [4.78, 5) is 23.3. The third-order valence-corrected chi connectivity index (χ3v) is 3.54. The lowest BCUT2D eigenvalue weighted by Gasteiger charge is -2.11. The van der Waals surface area contributed by atoms with Crippen LogP contribution in [-0.2, 0) is 11.3 Å². The van der Waals surface area contributed by atoms with Crippen LogP contribution in [0.5, 0.6) is 11.5 Å². The zero-order valence-corrected chi connectivity index (χ0v) is 14.0. The van der Waals surface area contributed by atoms with E-state index in [1.165, 1.54) is 25.3 Å². The zero-order chi connectivity index (χ0) is 18.4. The predicted molar refractivity (Wildman–Crippen MR) is 90.0 cm³/mol. The molecule has 25 heavy (non-hydrogen) atoms. The van der Waals surface area contributed by atoms with Gasteiger partial charge in [0.2, 0.25) is 0 Å². The van der Waals surface area contributed by atoms with Gasteiger partial charge in [-0.15, -0.1) is 0 Å². The predicted octanol–water partition coefficient (Wildman–Crippen LogP) is 1.94. The average molecular weight is 346 g/mol. The number of hydrogen-bond acceptors (Lipinski definition) is 4. The van der Waals surface area contributed by atoms with Gasteiger partial charge in [-0.1, -0.05) is 12.1 Å². The molecule has 132 valence electrons. The molecule has 0 fully saturated rings. The number of nitrogens with two attached hydrogens (primary N) is 1. The minimum Gasteiger partial charge on any atom is -0.497 e. The Morgan fingerprint density at radius 1 is 1.20 bits per heavy atom. The molecular formula is C18H19FN2O4. The van der Waals surface area contributed by atoms with Crippen molar-refractivity contribution < 1.29 is 23.5 Å². The summed E-state index contributed by atoms with van der Waals surface area (Å²) >= 11 is 0. The topological polar surface area (TPSA) is 90.7 Å². The molecule has 0 saturated heterocycles. The SMILES string of the molecule is COc1ccc(C(N)=O)c(OCC(=O)NCc2ccc(C)c(F)c2)c1. The van der Waals surface area contributed by atoms with Crippen molar-refractivity contribution in [3.63, 3.8) is 0 Å². The van der Waals surface area contributed by atoms with Gasteiger partial charge in [0.05, 0.1) is 12.7 Å². The normalized spacial score (nSPS) is 10.2. The van der Waals surface area contributed by atoms with E-state index < -0.39 is 11.8 Å². The molecule has 0 radical (unpaired) electrons. The maximum absolute atomic E-state index is 13.5. The molecule has 2 aromatic rings. The van der Waals surface area contributed by atoms with E-state index in [2.05, 4.69) is 5.32 Å². The fourth-order valence-electron chi connectivity index (χ4n) is 2.09. The Morgan fingerprint density at radius 2 is 1.96 bits per heavy atom. The van der Waals surface area contributed by atoms with Gasteiger partial charge in [0.25, 0.3) is 11.8 Å². The smallest absolute Gasteiger partial charge is 0.258 e. The lowest BCUT2D eigenvalue weighted by atomic mass is 10.1. The summed E-state index contributed by atoms with van der Waals surface area (Å²) in [6.45, 7) is 1.51. The van der Waals surface area contributed by atoms with Gasteiger partial charge in [0.1, 0.15) is 17.3 Å². The summed E-state index contributed by atoms with van der Waals surface area (Å²) in [5.41, 5.74) is 6.60. The van der Waals surface area contributed by atoms with Gasteiger partial charge >= 0.3 is 0 Å². The highest BCUT2D eigenvalue weighted by atomic mass is 19.1. The van der Waals surface area contributed by atoms with Crippen LogP contribution in [0.4, 0.5) is 4.39 Å². The number of methoxy groups -OCH3 is 1. The second-order valence-electron chi connectivity index (χ2n) is 5.38. The van der Waals surface area contributed by atoms with Crippen LogP contribution in [0.3, 0.4) is 0 Å². The molecule has 7 heteroatoms. The quantitative estimate of drug-likeness (QED) is 0.801. The monoisotopic (exact) mass is 346 g/mol. The van der Waals surface area contributed by atoms with Crippen molar-refractivity contribution >= 4 is 11.8 Å². The van der Waals surface area contributed by atoms with Crippen LogP contribution in [0, 0.1) is 12.7 Å². The third kappa shape index (κ3) is 4.94. The Balaban J connectivity index is 1.95. The molecule has 0 spiro atoms. The van der Waals surface area contributed by atoms with Gasteiger partial charge in [0.15, 0.2) is 6.61 Å². The zero-order valence-electron chi connectivity index (χ0n) is 14.0. The molecule has 0 aliphatic rings. The van der Waals surface area contributed by atoms with Crippen LogP contribution in [0.1, 0.15) is 21.5 Å². The Bertz CT molecular complexity index is 793. The molecule has 3 N–H and O–H groups in total. The van der Waals surface area contributed by atoms with Crippen molar-refractivity contribution in [2.24, 2.45) is 5.73 Å². The molecule has 2 aromatic carbocycles. The van der Waals surface area contributed by atoms with Crippen molar-refractivity contribution in [2.45, 2.75) is 13.5 Å². The minimum absolute atomic E-state index is 0.147. The maximum Gasteiger partial charge on any atom is 0.258 e. The number of hydrogen-bond donors (Lipinski definition) is 2. The van der Waals surface area contributed by atoms with Gasteiger partial charge < -0.3 is 20.5 Å². The number of benzene rings is 2. The summed E-state index contributed by atoms with van der Waals surface area (Å²) in [7, 11) is 1.47. The highest BCUT2D eigenvalue weighted by Gasteiger charge is 2.12. The summed E-state index contributed by atoms with van der Waals surface area (Å²) in [5, 5.41) is 2.62. The standard InChI is InChI=1S/C18H19FN2O4/c1-11-3-4-12(7-15(11)19)9-21-17(22)10-25-16-8-13(24-2)5-6-14(16)18(20)23/h3-8H,9-10H2,1-2H3,(H2,20,23)(H,21,22). The van der Waals surface area contributed by atoms with E-state index in [0.717, 1.165) is 0 Å². The molecule has 0 bridgehead atoms. The Morgan fingerprint density at radius 3 is 2.60 bits per heavy atom. The summed E-state index contributed by atoms with van der Waals surface area (Å²) in [6.07, 6.45) is 0. The summed E-state index contributed by atoms with van der Waals surface area (Å²) in [6, 6.07) is 9.24. The second-order valence-corrected chi connectivity index (χ2v) is 5.38. The fourth-order valence-corrected chi connectivity index (χ4v) is 2.09. The van der Waals surface area contributed by atoms with Gasteiger partial charge in [-0.3, -0.25) is 9.59 Å². The minimum atomic E-state index is -0.673. The first kappa shape index (κ1) is 18.3. The lowest BCUT2D eigenvalue weighted by molar-refractivity contribution is -0.123. The molecule has 0 heterocycles. The van der Waals surface area contributed by atoms with E-state index in [9.17, 15) is 14.0 Å². The molecule has 0 aromatic heterocycles. The van der Waals surface area contributed by atoms with Crippen molar-refractivity contribution in [3.8, 4) is 11.5 Å². The van der Waals surface area contributed by atoms with Gasteiger partial charge in [-0.2, -0.15) is 0 Å². The molecule has 2 rings (SSSR count). The number of aryl methyl sites for hydroxylation is 1. The summed E-state index contributed by atoms with van der Waals surface area (Å²) < 4.78 is 23.9. The van der Waals surface area contributed by atoms with E-state index in [0.29, 0.717) is 16.9 Å². The third-order valence-electron chi connectivity index (χ3n) is 3.54. The largest absolute Gasteiger partial charge is 0.497 e. The van der Waals surface area contributed by atoms with Crippen LogP contribution in [-0.4, -0.2) is 25.5 Å². The van der Waals surface area contributed by atoms with Crippen molar-refractivity contribution in [2.75, 3.05) is 13.7 Å².